The second-order valence-corrected chi connectivity index (χ2v) is 7.58. The van der Waals surface area contributed by atoms with Gasteiger partial charge < -0.3 is 5.32 Å². The normalized spacial score (nSPS) is 25.4. The van der Waals surface area contributed by atoms with Crippen molar-refractivity contribution in [2.45, 2.75) is 65.3 Å². The van der Waals surface area contributed by atoms with Crippen LogP contribution in [0, 0.1) is 11.3 Å². The van der Waals surface area contributed by atoms with Crippen LogP contribution in [0.1, 0.15) is 64.9 Å². The Balaban J connectivity index is 1.98. The monoisotopic (exact) mass is 273 g/mol. The van der Waals surface area contributed by atoms with Gasteiger partial charge in [-0.25, -0.2) is 0 Å². The quantitative estimate of drug-likeness (QED) is 0.815. The van der Waals surface area contributed by atoms with E-state index in [0.29, 0.717) is 23.3 Å². The Morgan fingerprint density at radius 3 is 2.40 bits per heavy atom. The van der Waals surface area contributed by atoms with Crippen molar-refractivity contribution in [2.24, 2.45) is 11.3 Å². The van der Waals surface area contributed by atoms with E-state index < -0.39 is 0 Å². The van der Waals surface area contributed by atoms with Gasteiger partial charge in [-0.2, -0.15) is 0 Å². The summed E-state index contributed by atoms with van der Waals surface area (Å²) in [7, 11) is 0. The molecular formula is C19H31N. The summed E-state index contributed by atoms with van der Waals surface area (Å²) in [6.45, 7) is 10.5. The Labute approximate surface area is 125 Å². The molecule has 0 aromatic heterocycles. The average molecular weight is 273 g/mol. The molecule has 1 aromatic carbocycles. The molecule has 112 valence electrons. The lowest BCUT2D eigenvalue weighted by Crippen LogP contribution is -2.41. The zero-order valence-corrected chi connectivity index (χ0v) is 13.7. The molecule has 1 fully saturated rings. The molecule has 0 saturated heterocycles. The fraction of sp³-hybridized carbons (Fsp3) is 0.684. The number of hydrogen-bond donors (Lipinski definition) is 1. The Morgan fingerprint density at radius 2 is 1.75 bits per heavy atom. The predicted molar refractivity (Wildman–Crippen MR) is 88.1 cm³/mol. The highest BCUT2D eigenvalue weighted by atomic mass is 14.9. The molecule has 3 atom stereocenters. The summed E-state index contributed by atoms with van der Waals surface area (Å²) < 4.78 is 0. The summed E-state index contributed by atoms with van der Waals surface area (Å²) in [5.41, 5.74) is 1.91. The van der Waals surface area contributed by atoms with E-state index in [-0.39, 0.29) is 0 Å². The molecule has 1 aliphatic carbocycles. The van der Waals surface area contributed by atoms with Crippen molar-refractivity contribution in [3.8, 4) is 0 Å². The first-order valence-electron chi connectivity index (χ1n) is 8.27. The minimum Gasteiger partial charge on any atom is -0.313 e. The van der Waals surface area contributed by atoms with Gasteiger partial charge in [0.05, 0.1) is 0 Å². The summed E-state index contributed by atoms with van der Waals surface area (Å²) in [4.78, 5) is 0. The third-order valence-electron chi connectivity index (χ3n) is 5.16. The summed E-state index contributed by atoms with van der Waals surface area (Å²) in [6.07, 6.45) is 5.43. The minimum atomic E-state index is 0.393. The van der Waals surface area contributed by atoms with Crippen LogP contribution in [0.2, 0.25) is 0 Å². The number of rotatable bonds is 4. The molecule has 20 heavy (non-hydrogen) atoms. The molecule has 1 heteroatoms. The van der Waals surface area contributed by atoms with E-state index in [1.54, 1.807) is 0 Å². The first kappa shape index (κ1) is 15.6. The molecule has 0 bridgehead atoms. The van der Waals surface area contributed by atoms with Gasteiger partial charge in [-0.05, 0) is 42.2 Å². The topological polar surface area (TPSA) is 12.0 Å². The van der Waals surface area contributed by atoms with E-state index in [9.17, 15) is 0 Å². The molecular weight excluding hydrogens is 242 g/mol. The van der Waals surface area contributed by atoms with Gasteiger partial charge in [0.1, 0.15) is 0 Å². The van der Waals surface area contributed by atoms with Gasteiger partial charge >= 0.3 is 0 Å². The second kappa shape index (κ2) is 6.76. The van der Waals surface area contributed by atoms with Gasteiger partial charge in [0.2, 0.25) is 0 Å². The van der Waals surface area contributed by atoms with Crippen LogP contribution in [0.15, 0.2) is 30.3 Å². The lowest BCUT2D eigenvalue weighted by molar-refractivity contribution is 0.228. The van der Waals surface area contributed by atoms with E-state index in [2.05, 4.69) is 63.3 Å². The van der Waals surface area contributed by atoms with Crippen LogP contribution >= 0.6 is 0 Å². The van der Waals surface area contributed by atoms with Crippen LogP contribution in [0.25, 0.3) is 0 Å². The summed E-state index contributed by atoms with van der Waals surface area (Å²) >= 11 is 0. The van der Waals surface area contributed by atoms with Gasteiger partial charge in [-0.3, -0.25) is 0 Å². The zero-order valence-electron chi connectivity index (χ0n) is 13.7. The molecule has 0 heterocycles. The van der Waals surface area contributed by atoms with E-state index in [4.69, 9.17) is 0 Å². The maximum absolute atomic E-state index is 3.88. The van der Waals surface area contributed by atoms with E-state index in [1.165, 1.54) is 31.2 Å². The molecule has 3 unspecified atom stereocenters. The Kier molecular flexibility index (Phi) is 5.26. The molecule has 0 radical (unpaired) electrons. The first-order valence-corrected chi connectivity index (χ1v) is 8.27. The number of benzene rings is 1. The maximum atomic E-state index is 3.88. The fourth-order valence-corrected chi connectivity index (χ4v) is 3.11. The lowest BCUT2D eigenvalue weighted by Gasteiger charge is -2.35. The van der Waals surface area contributed by atoms with Crippen LogP contribution in [0.3, 0.4) is 0 Å². The van der Waals surface area contributed by atoms with Gasteiger partial charge in [-0.15, -0.1) is 0 Å². The third-order valence-corrected chi connectivity index (χ3v) is 5.16. The van der Waals surface area contributed by atoms with Gasteiger partial charge in [0.15, 0.2) is 0 Å². The summed E-state index contributed by atoms with van der Waals surface area (Å²) in [5, 5.41) is 3.88. The average Bonchev–Trinajstić information content (AvgIpc) is 2.45. The van der Waals surface area contributed by atoms with Crippen molar-refractivity contribution >= 4 is 0 Å². The Morgan fingerprint density at radius 1 is 1.10 bits per heavy atom. The summed E-state index contributed by atoms with van der Waals surface area (Å²) in [6, 6.07) is 11.7. The minimum absolute atomic E-state index is 0.393. The predicted octanol–water partition coefficient (Wildman–Crippen LogP) is 4.98. The van der Waals surface area contributed by atoms with Crippen LogP contribution in [0.5, 0.6) is 0 Å². The highest BCUT2D eigenvalue weighted by molar-refractivity contribution is 5.22. The number of nitrogens with one attached hydrogen (secondary N) is 1. The van der Waals surface area contributed by atoms with Crippen molar-refractivity contribution in [3.63, 3.8) is 0 Å². The third kappa shape index (κ3) is 4.09. The van der Waals surface area contributed by atoms with E-state index in [1.807, 2.05) is 0 Å². The Bertz CT molecular complexity index is 390. The zero-order chi connectivity index (χ0) is 14.6. The van der Waals surface area contributed by atoms with Crippen LogP contribution in [-0.2, 0) is 0 Å². The highest BCUT2D eigenvalue weighted by Gasteiger charge is 2.27. The first-order chi connectivity index (χ1) is 9.48. The van der Waals surface area contributed by atoms with Crippen LogP contribution < -0.4 is 5.32 Å². The molecule has 0 spiro atoms. The SMILES string of the molecule is CC(CNC1CCCCC1c1ccccc1)C(C)(C)C. The van der Waals surface area contributed by atoms with Crippen molar-refractivity contribution in [2.75, 3.05) is 6.54 Å². The van der Waals surface area contributed by atoms with Gasteiger partial charge in [0, 0.05) is 6.04 Å². The largest absolute Gasteiger partial charge is 0.313 e. The second-order valence-electron chi connectivity index (χ2n) is 7.58. The molecule has 2 rings (SSSR count). The molecule has 0 aliphatic heterocycles. The van der Waals surface area contributed by atoms with E-state index in [0.717, 1.165) is 6.54 Å². The fourth-order valence-electron chi connectivity index (χ4n) is 3.11. The molecule has 1 aromatic rings. The van der Waals surface area contributed by atoms with Gasteiger partial charge in [0.25, 0.3) is 0 Å². The lowest BCUT2D eigenvalue weighted by atomic mass is 9.78. The molecule has 0 amide bonds. The van der Waals surface area contributed by atoms with Crippen molar-refractivity contribution in [1.29, 1.82) is 0 Å². The standard InChI is InChI=1S/C19H31N/c1-15(19(2,3)4)14-20-18-13-9-8-12-17(18)16-10-6-5-7-11-16/h5-7,10-11,15,17-18,20H,8-9,12-14H2,1-4H3. The smallest absolute Gasteiger partial charge is 0.0136 e. The molecule has 1 nitrogen and oxygen atoms in total. The van der Waals surface area contributed by atoms with E-state index >= 15 is 0 Å². The number of hydrogen-bond acceptors (Lipinski definition) is 1. The van der Waals surface area contributed by atoms with Crippen LogP contribution in [-0.4, -0.2) is 12.6 Å². The molecule has 1 saturated carbocycles. The van der Waals surface area contributed by atoms with Crippen molar-refractivity contribution < 1.29 is 0 Å². The van der Waals surface area contributed by atoms with Crippen molar-refractivity contribution in [3.05, 3.63) is 35.9 Å². The summed E-state index contributed by atoms with van der Waals surface area (Å²) in [5.74, 6) is 1.41. The van der Waals surface area contributed by atoms with Gasteiger partial charge in [-0.1, -0.05) is 70.9 Å². The van der Waals surface area contributed by atoms with Crippen LogP contribution in [0.4, 0.5) is 0 Å². The Hall–Kier alpha value is -0.820. The maximum Gasteiger partial charge on any atom is 0.0136 e. The highest BCUT2D eigenvalue weighted by Crippen LogP contribution is 2.33. The van der Waals surface area contributed by atoms with Crippen molar-refractivity contribution in [1.82, 2.24) is 5.32 Å². The molecule has 1 aliphatic rings. The molecule has 1 N–H and O–H groups in total.